The summed E-state index contributed by atoms with van der Waals surface area (Å²) in [7, 11) is 0. The van der Waals surface area contributed by atoms with E-state index in [1.54, 1.807) is 0 Å². The van der Waals surface area contributed by atoms with Gasteiger partial charge in [-0.25, -0.2) is 0 Å². The summed E-state index contributed by atoms with van der Waals surface area (Å²) in [6.45, 7) is 9.54. The smallest absolute Gasteiger partial charge is 0.306 e. The highest BCUT2D eigenvalue weighted by Gasteiger charge is 2.20. The predicted molar refractivity (Wildman–Crippen MR) is 80.4 cm³/mol. The van der Waals surface area contributed by atoms with Gasteiger partial charge in [-0.15, -0.1) is 0 Å². The first kappa shape index (κ1) is 16.7. The normalized spacial score (nSPS) is 14.7. The zero-order chi connectivity index (χ0) is 15.3. The van der Waals surface area contributed by atoms with Crippen LogP contribution in [0.1, 0.15) is 57.8 Å². The molecule has 0 saturated heterocycles. The Morgan fingerprint density at radius 2 is 1.80 bits per heavy atom. The van der Waals surface area contributed by atoms with Crippen molar-refractivity contribution in [3.63, 3.8) is 0 Å². The van der Waals surface area contributed by atoms with Gasteiger partial charge in [-0.3, -0.25) is 4.79 Å². The third-order valence-electron chi connectivity index (χ3n) is 3.18. The Labute approximate surface area is 122 Å². The van der Waals surface area contributed by atoms with Crippen LogP contribution in [-0.4, -0.2) is 16.7 Å². The minimum atomic E-state index is -0.543. The second kappa shape index (κ2) is 6.89. The number of aliphatic hydroxyl groups is 1. The van der Waals surface area contributed by atoms with Gasteiger partial charge in [-0.2, -0.15) is 0 Å². The number of carbonyl (C=O) groups excluding carboxylic acids is 1. The molecule has 2 atom stereocenters. The van der Waals surface area contributed by atoms with Gasteiger partial charge < -0.3 is 9.84 Å². The fraction of sp³-hybridized carbons (Fsp3) is 0.588. The Kier molecular flexibility index (Phi) is 5.75. The third kappa shape index (κ3) is 5.74. The van der Waals surface area contributed by atoms with Crippen LogP contribution in [0.15, 0.2) is 24.3 Å². The number of esters is 1. The molecule has 1 rings (SSSR count). The van der Waals surface area contributed by atoms with E-state index in [0.717, 1.165) is 5.56 Å². The van der Waals surface area contributed by atoms with Crippen LogP contribution in [0.3, 0.4) is 0 Å². The number of aryl methyl sites for hydroxylation is 1. The van der Waals surface area contributed by atoms with Crippen molar-refractivity contribution in [3.8, 4) is 0 Å². The van der Waals surface area contributed by atoms with Crippen molar-refractivity contribution >= 4 is 5.97 Å². The second-order valence-electron chi connectivity index (χ2n) is 6.46. The number of hydrogen-bond acceptors (Lipinski definition) is 3. The summed E-state index contributed by atoms with van der Waals surface area (Å²) in [5.74, 6) is -0.189. The van der Waals surface area contributed by atoms with Crippen LogP contribution >= 0.6 is 0 Å². The molecular formula is C17H26O3. The van der Waals surface area contributed by atoms with E-state index >= 15 is 0 Å². The maximum atomic E-state index is 11.7. The molecule has 1 aromatic carbocycles. The van der Waals surface area contributed by atoms with Gasteiger partial charge in [0, 0.05) is 6.42 Å². The quantitative estimate of drug-likeness (QED) is 0.834. The number of rotatable bonds is 5. The number of benzene rings is 1. The fourth-order valence-corrected chi connectivity index (χ4v) is 1.99. The lowest BCUT2D eigenvalue weighted by molar-refractivity contribution is -0.155. The number of ether oxygens (including phenoxy) is 1. The summed E-state index contributed by atoms with van der Waals surface area (Å²) >= 11 is 0. The highest BCUT2D eigenvalue weighted by Crippen LogP contribution is 2.26. The molecule has 1 unspecified atom stereocenters. The van der Waals surface area contributed by atoms with E-state index < -0.39 is 11.7 Å². The molecule has 0 amide bonds. The molecule has 0 aliphatic heterocycles. The summed E-state index contributed by atoms with van der Waals surface area (Å²) < 4.78 is 5.27. The zero-order valence-electron chi connectivity index (χ0n) is 13.1. The molecule has 0 aliphatic rings. The van der Waals surface area contributed by atoms with Crippen molar-refractivity contribution in [2.24, 2.45) is 5.92 Å². The number of hydrogen-bond donors (Lipinski definition) is 1. The van der Waals surface area contributed by atoms with Crippen LogP contribution in [0.4, 0.5) is 0 Å². The first-order valence-corrected chi connectivity index (χ1v) is 7.15. The molecule has 0 bridgehead atoms. The van der Waals surface area contributed by atoms with Crippen molar-refractivity contribution in [2.75, 3.05) is 0 Å². The van der Waals surface area contributed by atoms with Crippen LogP contribution < -0.4 is 0 Å². The number of carbonyl (C=O) groups is 1. The van der Waals surface area contributed by atoms with Crippen molar-refractivity contribution in [1.82, 2.24) is 0 Å². The van der Waals surface area contributed by atoms with Crippen LogP contribution in [0.25, 0.3) is 0 Å². The molecule has 0 spiro atoms. The van der Waals surface area contributed by atoms with Gasteiger partial charge in [-0.1, -0.05) is 36.8 Å². The highest BCUT2D eigenvalue weighted by atomic mass is 16.6. The molecule has 1 N–H and O–H groups in total. The van der Waals surface area contributed by atoms with Crippen LogP contribution in [0.2, 0.25) is 0 Å². The van der Waals surface area contributed by atoms with Crippen molar-refractivity contribution in [1.29, 1.82) is 0 Å². The Bertz CT molecular complexity index is 429. The summed E-state index contributed by atoms with van der Waals surface area (Å²) in [5, 5.41) is 10.3. The van der Waals surface area contributed by atoms with Gasteiger partial charge in [-0.05, 0) is 45.6 Å². The Morgan fingerprint density at radius 3 is 2.30 bits per heavy atom. The second-order valence-corrected chi connectivity index (χ2v) is 6.46. The zero-order valence-corrected chi connectivity index (χ0v) is 13.1. The molecule has 3 heteroatoms. The SMILES string of the molecule is Cc1ccc([C@@H](O)C(C)CCC(=O)OC(C)(C)C)cc1. The maximum absolute atomic E-state index is 11.7. The van der Waals surface area contributed by atoms with Gasteiger partial charge >= 0.3 is 5.97 Å². The van der Waals surface area contributed by atoms with E-state index in [0.29, 0.717) is 12.8 Å². The molecule has 0 saturated carbocycles. The minimum Gasteiger partial charge on any atom is -0.460 e. The van der Waals surface area contributed by atoms with Gasteiger partial charge in [0.25, 0.3) is 0 Å². The van der Waals surface area contributed by atoms with Gasteiger partial charge in [0.15, 0.2) is 0 Å². The van der Waals surface area contributed by atoms with Crippen molar-refractivity contribution in [3.05, 3.63) is 35.4 Å². The molecule has 0 heterocycles. The van der Waals surface area contributed by atoms with Crippen molar-refractivity contribution in [2.45, 2.75) is 59.2 Å². The van der Waals surface area contributed by atoms with Crippen LogP contribution in [0, 0.1) is 12.8 Å². The molecule has 0 aliphatic carbocycles. The average Bonchev–Trinajstić information content (AvgIpc) is 2.34. The standard InChI is InChI=1S/C17H26O3/c1-12-6-9-14(10-7-12)16(19)13(2)8-11-15(18)20-17(3,4)5/h6-7,9-10,13,16,19H,8,11H2,1-5H3/t13?,16-/m0/s1. The first-order valence-electron chi connectivity index (χ1n) is 7.15. The predicted octanol–water partition coefficient (Wildman–Crippen LogP) is 3.79. The van der Waals surface area contributed by atoms with Gasteiger partial charge in [0.2, 0.25) is 0 Å². The molecular weight excluding hydrogens is 252 g/mol. The van der Waals surface area contributed by atoms with Gasteiger partial charge in [0.05, 0.1) is 6.10 Å². The molecule has 20 heavy (non-hydrogen) atoms. The van der Waals surface area contributed by atoms with E-state index in [1.807, 2.05) is 58.9 Å². The number of aliphatic hydroxyl groups excluding tert-OH is 1. The molecule has 3 nitrogen and oxygen atoms in total. The van der Waals surface area contributed by atoms with E-state index in [4.69, 9.17) is 4.74 Å². The molecule has 0 fully saturated rings. The van der Waals surface area contributed by atoms with Crippen molar-refractivity contribution < 1.29 is 14.6 Å². The minimum absolute atomic E-state index is 0.0187. The molecule has 1 aromatic rings. The lowest BCUT2D eigenvalue weighted by atomic mass is 9.93. The lowest BCUT2D eigenvalue weighted by Gasteiger charge is -2.22. The van der Waals surface area contributed by atoms with Gasteiger partial charge in [0.1, 0.15) is 5.60 Å². The topological polar surface area (TPSA) is 46.5 Å². The van der Waals surface area contributed by atoms with E-state index in [2.05, 4.69) is 0 Å². The molecule has 112 valence electrons. The van der Waals surface area contributed by atoms with E-state index in [1.165, 1.54) is 5.56 Å². The first-order chi connectivity index (χ1) is 9.19. The largest absolute Gasteiger partial charge is 0.460 e. The summed E-state index contributed by atoms with van der Waals surface area (Å²) in [5.41, 5.74) is 1.62. The van der Waals surface area contributed by atoms with E-state index in [9.17, 15) is 9.90 Å². The Balaban J connectivity index is 2.48. The van der Waals surface area contributed by atoms with Crippen LogP contribution in [0.5, 0.6) is 0 Å². The third-order valence-corrected chi connectivity index (χ3v) is 3.18. The average molecular weight is 278 g/mol. The summed E-state index contributed by atoms with van der Waals surface area (Å²) in [6, 6.07) is 7.84. The maximum Gasteiger partial charge on any atom is 0.306 e. The lowest BCUT2D eigenvalue weighted by Crippen LogP contribution is -2.24. The Morgan fingerprint density at radius 1 is 1.25 bits per heavy atom. The summed E-state index contributed by atoms with van der Waals surface area (Å²) in [6.07, 6.45) is 0.406. The monoisotopic (exact) mass is 278 g/mol. The Hall–Kier alpha value is -1.35. The molecule has 0 radical (unpaired) electrons. The van der Waals surface area contributed by atoms with E-state index in [-0.39, 0.29) is 11.9 Å². The van der Waals surface area contributed by atoms with Crippen LogP contribution in [-0.2, 0) is 9.53 Å². The fourth-order valence-electron chi connectivity index (χ4n) is 1.99. The highest BCUT2D eigenvalue weighted by molar-refractivity contribution is 5.69. The summed E-state index contributed by atoms with van der Waals surface area (Å²) in [4.78, 5) is 11.7. The molecule has 0 aromatic heterocycles.